The van der Waals surface area contributed by atoms with Gasteiger partial charge in [-0.2, -0.15) is 0 Å². The first-order chi connectivity index (χ1) is 7.24. The SMILES string of the molecule is Nc1ccc(Sc2ccc(Cl)nn2)cc1. The van der Waals surface area contributed by atoms with Crippen molar-refractivity contribution in [3.05, 3.63) is 41.6 Å². The van der Waals surface area contributed by atoms with Crippen molar-refractivity contribution in [3.8, 4) is 0 Å². The monoisotopic (exact) mass is 237 g/mol. The maximum absolute atomic E-state index is 5.64. The van der Waals surface area contributed by atoms with E-state index < -0.39 is 0 Å². The zero-order valence-corrected chi connectivity index (χ0v) is 9.29. The highest BCUT2D eigenvalue weighted by Crippen LogP contribution is 2.26. The van der Waals surface area contributed by atoms with Crippen LogP contribution in [0.4, 0.5) is 5.69 Å². The molecule has 15 heavy (non-hydrogen) atoms. The number of nitrogens with two attached hydrogens (primary N) is 1. The van der Waals surface area contributed by atoms with Gasteiger partial charge in [0.1, 0.15) is 5.03 Å². The molecular formula is C10H8ClN3S. The van der Waals surface area contributed by atoms with Crippen molar-refractivity contribution in [2.24, 2.45) is 0 Å². The molecule has 76 valence electrons. The Morgan fingerprint density at radius 3 is 2.33 bits per heavy atom. The van der Waals surface area contributed by atoms with E-state index in [2.05, 4.69) is 10.2 Å². The number of rotatable bonds is 2. The maximum Gasteiger partial charge on any atom is 0.151 e. The van der Waals surface area contributed by atoms with Gasteiger partial charge in [-0.3, -0.25) is 0 Å². The minimum Gasteiger partial charge on any atom is -0.399 e. The maximum atomic E-state index is 5.64. The summed E-state index contributed by atoms with van der Waals surface area (Å²) < 4.78 is 0. The molecule has 0 atom stereocenters. The summed E-state index contributed by atoms with van der Waals surface area (Å²) in [4.78, 5) is 1.07. The summed E-state index contributed by atoms with van der Waals surface area (Å²) in [5, 5.41) is 8.92. The predicted molar refractivity (Wildman–Crippen MR) is 62.0 cm³/mol. The number of hydrogen-bond donors (Lipinski definition) is 1. The van der Waals surface area contributed by atoms with Crippen molar-refractivity contribution in [1.82, 2.24) is 10.2 Å². The van der Waals surface area contributed by atoms with Gasteiger partial charge in [0.2, 0.25) is 0 Å². The number of hydrogen-bond acceptors (Lipinski definition) is 4. The molecule has 0 unspecified atom stereocenters. The number of aromatic nitrogens is 2. The Kier molecular flexibility index (Phi) is 3.08. The summed E-state index contributed by atoms with van der Waals surface area (Å²) in [5.41, 5.74) is 6.34. The Balaban J connectivity index is 2.15. The van der Waals surface area contributed by atoms with Crippen molar-refractivity contribution >= 4 is 29.1 Å². The van der Waals surface area contributed by atoms with E-state index in [-0.39, 0.29) is 0 Å². The fourth-order valence-electron chi connectivity index (χ4n) is 1.01. The first-order valence-corrected chi connectivity index (χ1v) is 5.46. The van der Waals surface area contributed by atoms with Gasteiger partial charge in [-0.05, 0) is 36.4 Å². The Labute approximate surface area is 96.7 Å². The lowest BCUT2D eigenvalue weighted by molar-refractivity contribution is 0.930. The van der Waals surface area contributed by atoms with Crippen LogP contribution in [0.1, 0.15) is 0 Å². The van der Waals surface area contributed by atoms with Gasteiger partial charge < -0.3 is 5.73 Å². The average molecular weight is 238 g/mol. The van der Waals surface area contributed by atoms with Crippen LogP contribution in [0.3, 0.4) is 0 Å². The molecule has 0 amide bonds. The number of halogens is 1. The third-order valence-corrected chi connectivity index (χ3v) is 2.85. The minimum atomic E-state index is 0.400. The van der Waals surface area contributed by atoms with Crippen LogP contribution < -0.4 is 5.73 Å². The van der Waals surface area contributed by atoms with Gasteiger partial charge in [0.25, 0.3) is 0 Å². The molecule has 0 aliphatic heterocycles. The van der Waals surface area contributed by atoms with Crippen LogP contribution in [0.15, 0.2) is 46.3 Å². The van der Waals surface area contributed by atoms with E-state index in [9.17, 15) is 0 Å². The van der Waals surface area contributed by atoms with E-state index in [1.54, 1.807) is 6.07 Å². The molecule has 1 heterocycles. The Bertz CT molecular complexity index is 398. The molecule has 2 N–H and O–H groups in total. The van der Waals surface area contributed by atoms with Crippen LogP contribution in [-0.4, -0.2) is 10.2 Å². The molecule has 0 fully saturated rings. The standard InChI is InChI=1S/C10H8ClN3S/c11-9-5-6-10(14-13-9)15-8-3-1-7(12)2-4-8/h1-6H,12H2. The molecule has 3 nitrogen and oxygen atoms in total. The molecule has 1 aromatic heterocycles. The number of nitrogen functional groups attached to an aromatic ring is 1. The van der Waals surface area contributed by atoms with Crippen LogP contribution in [0.25, 0.3) is 0 Å². The van der Waals surface area contributed by atoms with E-state index in [0.29, 0.717) is 5.15 Å². The second-order valence-corrected chi connectivity index (χ2v) is 4.35. The molecule has 0 saturated carbocycles. The molecule has 0 spiro atoms. The highest BCUT2D eigenvalue weighted by atomic mass is 35.5. The predicted octanol–water partition coefficient (Wildman–Crippen LogP) is 2.86. The number of anilines is 1. The zero-order valence-electron chi connectivity index (χ0n) is 7.72. The highest BCUT2D eigenvalue weighted by molar-refractivity contribution is 7.99. The highest BCUT2D eigenvalue weighted by Gasteiger charge is 1.99. The summed E-state index contributed by atoms with van der Waals surface area (Å²) in [6.07, 6.45) is 0. The van der Waals surface area contributed by atoms with Gasteiger partial charge in [-0.15, -0.1) is 10.2 Å². The van der Waals surface area contributed by atoms with E-state index in [4.69, 9.17) is 17.3 Å². The van der Waals surface area contributed by atoms with Crippen molar-refractivity contribution in [2.45, 2.75) is 9.92 Å². The molecule has 2 aromatic rings. The fourth-order valence-corrected chi connectivity index (χ4v) is 1.85. The summed E-state index contributed by atoms with van der Waals surface area (Å²) in [7, 11) is 0. The number of nitrogens with zero attached hydrogens (tertiary/aromatic N) is 2. The van der Waals surface area contributed by atoms with Gasteiger partial charge in [-0.1, -0.05) is 23.4 Å². The Morgan fingerprint density at radius 2 is 1.73 bits per heavy atom. The first kappa shape index (κ1) is 10.3. The largest absolute Gasteiger partial charge is 0.399 e. The summed E-state index contributed by atoms with van der Waals surface area (Å²) in [6.45, 7) is 0. The molecule has 0 aliphatic carbocycles. The van der Waals surface area contributed by atoms with Gasteiger partial charge in [-0.25, -0.2) is 0 Å². The molecule has 1 aromatic carbocycles. The van der Waals surface area contributed by atoms with Crippen LogP contribution in [0.2, 0.25) is 5.15 Å². The van der Waals surface area contributed by atoms with Gasteiger partial charge in [0.05, 0.1) is 0 Å². The second kappa shape index (κ2) is 4.51. The third-order valence-electron chi connectivity index (χ3n) is 1.71. The van der Waals surface area contributed by atoms with Crippen LogP contribution in [-0.2, 0) is 0 Å². The van der Waals surface area contributed by atoms with E-state index in [1.807, 2.05) is 30.3 Å². The third kappa shape index (κ3) is 2.84. The topological polar surface area (TPSA) is 51.8 Å². The van der Waals surface area contributed by atoms with E-state index in [0.717, 1.165) is 15.6 Å². The molecule has 0 aliphatic rings. The molecule has 0 radical (unpaired) electrons. The molecule has 2 rings (SSSR count). The van der Waals surface area contributed by atoms with Crippen LogP contribution in [0.5, 0.6) is 0 Å². The molecular weight excluding hydrogens is 230 g/mol. The lowest BCUT2D eigenvalue weighted by atomic mass is 10.3. The minimum absolute atomic E-state index is 0.400. The average Bonchev–Trinajstić information content (AvgIpc) is 2.25. The van der Waals surface area contributed by atoms with Crippen molar-refractivity contribution < 1.29 is 0 Å². The molecule has 0 bridgehead atoms. The zero-order chi connectivity index (χ0) is 10.7. The lowest BCUT2D eigenvalue weighted by Crippen LogP contribution is -1.85. The van der Waals surface area contributed by atoms with E-state index in [1.165, 1.54) is 11.8 Å². The van der Waals surface area contributed by atoms with Gasteiger partial charge >= 0.3 is 0 Å². The quantitative estimate of drug-likeness (QED) is 0.816. The van der Waals surface area contributed by atoms with Gasteiger partial charge in [0, 0.05) is 10.6 Å². The van der Waals surface area contributed by atoms with Crippen molar-refractivity contribution in [1.29, 1.82) is 0 Å². The summed E-state index contributed by atoms with van der Waals surface area (Å²) >= 11 is 7.15. The smallest absolute Gasteiger partial charge is 0.151 e. The Morgan fingerprint density at radius 1 is 1.00 bits per heavy atom. The molecule has 5 heteroatoms. The van der Waals surface area contributed by atoms with Crippen molar-refractivity contribution in [3.63, 3.8) is 0 Å². The second-order valence-electron chi connectivity index (χ2n) is 2.87. The fraction of sp³-hybridized carbons (Fsp3) is 0. The van der Waals surface area contributed by atoms with E-state index >= 15 is 0 Å². The normalized spacial score (nSPS) is 10.2. The number of benzene rings is 1. The summed E-state index contributed by atoms with van der Waals surface area (Å²) in [5.74, 6) is 0. The van der Waals surface area contributed by atoms with Crippen LogP contribution in [0, 0.1) is 0 Å². The first-order valence-electron chi connectivity index (χ1n) is 4.27. The Hall–Kier alpha value is -1.26. The lowest BCUT2D eigenvalue weighted by Gasteiger charge is -2.00. The van der Waals surface area contributed by atoms with Crippen LogP contribution >= 0.6 is 23.4 Å². The van der Waals surface area contributed by atoms with Crippen molar-refractivity contribution in [2.75, 3.05) is 5.73 Å². The summed E-state index contributed by atoms with van der Waals surface area (Å²) in [6, 6.07) is 11.1. The molecule has 0 saturated heterocycles. The van der Waals surface area contributed by atoms with Gasteiger partial charge in [0.15, 0.2) is 5.15 Å².